The molecule has 0 saturated heterocycles. The molecule has 5 nitrogen and oxygen atoms in total. The standard InChI is InChI=1S/C13H13N5/c14-11(10-5-2-1-3-6-10)9-13-17-16-12-7-4-8-15-18(12)13/h1-8,11H,9,14H2. The average molecular weight is 239 g/mol. The van der Waals surface area contributed by atoms with Gasteiger partial charge in [0.1, 0.15) is 0 Å². The van der Waals surface area contributed by atoms with Gasteiger partial charge in [-0.2, -0.15) is 9.61 Å². The lowest BCUT2D eigenvalue weighted by Gasteiger charge is -2.09. The minimum atomic E-state index is -0.0967. The Morgan fingerprint density at radius 2 is 1.89 bits per heavy atom. The molecule has 1 aromatic carbocycles. The lowest BCUT2D eigenvalue weighted by molar-refractivity contribution is 0.664. The first-order valence-corrected chi connectivity index (χ1v) is 5.80. The third kappa shape index (κ3) is 1.96. The minimum absolute atomic E-state index is 0.0967. The average Bonchev–Trinajstić information content (AvgIpc) is 2.83. The summed E-state index contributed by atoms with van der Waals surface area (Å²) in [7, 11) is 0. The highest BCUT2D eigenvalue weighted by atomic mass is 15.4. The van der Waals surface area contributed by atoms with Crippen LogP contribution in [0.15, 0.2) is 48.7 Å². The van der Waals surface area contributed by atoms with Crippen molar-refractivity contribution in [2.24, 2.45) is 5.73 Å². The van der Waals surface area contributed by atoms with Gasteiger partial charge in [-0.25, -0.2) is 0 Å². The number of hydrogen-bond acceptors (Lipinski definition) is 4. The minimum Gasteiger partial charge on any atom is -0.324 e. The molecule has 1 atom stereocenters. The molecule has 18 heavy (non-hydrogen) atoms. The maximum absolute atomic E-state index is 6.17. The monoisotopic (exact) mass is 239 g/mol. The van der Waals surface area contributed by atoms with Crippen molar-refractivity contribution in [3.05, 3.63) is 60.0 Å². The van der Waals surface area contributed by atoms with Gasteiger partial charge in [-0.1, -0.05) is 30.3 Å². The van der Waals surface area contributed by atoms with E-state index >= 15 is 0 Å². The summed E-state index contributed by atoms with van der Waals surface area (Å²) in [5.74, 6) is 0.780. The number of benzene rings is 1. The van der Waals surface area contributed by atoms with Crippen LogP contribution in [0.1, 0.15) is 17.4 Å². The quantitative estimate of drug-likeness (QED) is 0.749. The molecular weight excluding hydrogens is 226 g/mol. The van der Waals surface area contributed by atoms with E-state index in [2.05, 4.69) is 15.3 Å². The molecule has 0 aliphatic rings. The largest absolute Gasteiger partial charge is 0.324 e. The molecule has 0 spiro atoms. The van der Waals surface area contributed by atoms with E-state index in [4.69, 9.17) is 5.73 Å². The lowest BCUT2D eigenvalue weighted by Crippen LogP contribution is -2.15. The summed E-state index contributed by atoms with van der Waals surface area (Å²) in [5, 5.41) is 12.4. The maximum atomic E-state index is 6.17. The fraction of sp³-hybridized carbons (Fsp3) is 0.154. The summed E-state index contributed by atoms with van der Waals surface area (Å²) >= 11 is 0. The lowest BCUT2D eigenvalue weighted by atomic mass is 10.0. The molecule has 0 saturated carbocycles. The van der Waals surface area contributed by atoms with Crippen LogP contribution in [0.2, 0.25) is 0 Å². The van der Waals surface area contributed by atoms with E-state index < -0.39 is 0 Å². The van der Waals surface area contributed by atoms with Gasteiger partial charge in [0.2, 0.25) is 0 Å². The van der Waals surface area contributed by atoms with E-state index in [1.165, 1.54) is 0 Å². The van der Waals surface area contributed by atoms with E-state index in [0.29, 0.717) is 6.42 Å². The van der Waals surface area contributed by atoms with Gasteiger partial charge in [-0.15, -0.1) is 10.2 Å². The highest BCUT2D eigenvalue weighted by Gasteiger charge is 2.12. The van der Waals surface area contributed by atoms with E-state index in [1.807, 2.05) is 42.5 Å². The highest BCUT2D eigenvalue weighted by molar-refractivity contribution is 5.35. The molecule has 2 N–H and O–H groups in total. The topological polar surface area (TPSA) is 69.1 Å². The summed E-state index contributed by atoms with van der Waals surface area (Å²) in [6.45, 7) is 0. The molecule has 3 aromatic rings. The Labute approximate surface area is 104 Å². The van der Waals surface area contributed by atoms with Gasteiger partial charge in [0, 0.05) is 18.7 Å². The predicted molar refractivity (Wildman–Crippen MR) is 67.9 cm³/mol. The van der Waals surface area contributed by atoms with Crippen molar-refractivity contribution >= 4 is 5.65 Å². The molecule has 0 bridgehead atoms. The summed E-state index contributed by atoms with van der Waals surface area (Å²) < 4.78 is 1.72. The van der Waals surface area contributed by atoms with Gasteiger partial charge in [0.15, 0.2) is 11.5 Å². The highest BCUT2D eigenvalue weighted by Crippen LogP contribution is 2.14. The molecule has 0 aliphatic carbocycles. The van der Waals surface area contributed by atoms with E-state index in [9.17, 15) is 0 Å². The van der Waals surface area contributed by atoms with Crippen LogP contribution in [-0.2, 0) is 6.42 Å². The zero-order chi connectivity index (χ0) is 12.4. The van der Waals surface area contributed by atoms with Crippen molar-refractivity contribution in [2.45, 2.75) is 12.5 Å². The van der Waals surface area contributed by atoms with Crippen LogP contribution in [0.3, 0.4) is 0 Å². The SMILES string of the molecule is NC(Cc1nnc2cccnn12)c1ccccc1. The first-order chi connectivity index (χ1) is 8.84. The molecule has 0 aliphatic heterocycles. The Balaban J connectivity index is 1.89. The molecule has 0 amide bonds. The molecule has 0 radical (unpaired) electrons. The summed E-state index contributed by atoms with van der Waals surface area (Å²) in [6.07, 6.45) is 2.33. The molecular formula is C13H13N5. The molecule has 2 heterocycles. The molecule has 1 unspecified atom stereocenters. The third-order valence-corrected chi connectivity index (χ3v) is 2.87. The Bertz CT molecular complexity index is 647. The predicted octanol–water partition coefficient (Wildman–Crippen LogP) is 1.37. The van der Waals surface area contributed by atoms with Gasteiger partial charge in [-0.3, -0.25) is 0 Å². The second-order valence-electron chi connectivity index (χ2n) is 4.13. The fourth-order valence-corrected chi connectivity index (χ4v) is 1.93. The first-order valence-electron chi connectivity index (χ1n) is 5.80. The fourth-order valence-electron chi connectivity index (χ4n) is 1.93. The van der Waals surface area contributed by atoms with Crippen molar-refractivity contribution in [3.8, 4) is 0 Å². The van der Waals surface area contributed by atoms with Crippen LogP contribution in [-0.4, -0.2) is 19.8 Å². The second kappa shape index (κ2) is 4.54. The number of nitrogens with two attached hydrogens (primary N) is 1. The van der Waals surface area contributed by atoms with Crippen LogP contribution in [0, 0.1) is 0 Å². The van der Waals surface area contributed by atoms with E-state index in [0.717, 1.165) is 17.0 Å². The Morgan fingerprint density at radius 1 is 1.06 bits per heavy atom. The zero-order valence-corrected chi connectivity index (χ0v) is 9.77. The normalized spacial score (nSPS) is 12.7. The van der Waals surface area contributed by atoms with E-state index in [1.54, 1.807) is 10.7 Å². The van der Waals surface area contributed by atoms with Crippen LogP contribution in [0.25, 0.3) is 5.65 Å². The Morgan fingerprint density at radius 3 is 2.72 bits per heavy atom. The molecule has 3 rings (SSSR count). The van der Waals surface area contributed by atoms with Crippen LogP contribution in [0.4, 0.5) is 0 Å². The summed E-state index contributed by atoms with van der Waals surface area (Å²) in [6, 6.07) is 13.6. The summed E-state index contributed by atoms with van der Waals surface area (Å²) in [4.78, 5) is 0. The smallest absolute Gasteiger partial charge is 0.177 e. The summed E-state index contributed by atoms with van der Waals surface area (Å²) in [5.41, 5.74) is 8.00. The van der Waals surface area contributed by atoms with Crippen molar-refractivity contribution in [1.29, 1.82) is 0 Å². The number of fused-ring (bicyclic) bond motifs is 1. The number of rotatable bonds is 3. The van der Waals surface area contributed by atoms with Crippen LogP contribution < -0.4 is 5.73 Å². The Kier molecular flexibility index (Phi) is 2.74. The molecule has 0 fully saturated rings. The molecule has 5 heteroatoms. The second-order valence-corrected chi connectivity index (χ2v) is 4.13. The van der Waals surface area contributed by atoms with Crippen LogP contribution in [0.5, 0.6) is 0 Å². The third-order valence-electron chi connectivity index (χ3n) is 2.87. The van der Waals surface area contributed by atoms with Gasteiger partial charge >= 0.3 is 0 Å². The Hall–Kier alpha value is -2.27. The van der Waals surface area contributed by atoms with Crippen molar-refractivity contribution < 1.29 is 0 Å². The molecule has 2 aromatic heterocycles. The number of aromatic nitrogens is 4. The first kappa shape index (κ1) is 10.9. The van der Waals surface area contributed by atoms with Gasteiger partial charge in [0.25, 0.3) is 0 Å². The van der Waals surface area contributed by atoms with Crippen molar-refractivity contribution in [1.82, 2.24) is 19.8 Å². The number of nitrogens with zero attached hydrogens (tertiary/aromatic N) is 4. The van der Waals surface area contributed by atoms with Crippen molar-refractivity contribution in [2.75, 3.05) is 0 Å². The van der Waals surface area contributed by atoms with E-state index in [-0.39, 0.29) is 6.04 Å². The van der Waals surface area contributed by atoms with Gasteiger partial charge in [0.05, 0.1) is 0 Å². The van der Waals surface area contributed by atoms with Crippen molar-refractivity contribution in [3.63, 3.8) is 0 Å². The van der Waals surface area contributed by atoms with Crippen LogP contribution >= 0.6 is 0 Å². The number of hydrogen-bond donors (Lipinski definition) is 1. The van der Waals surface area contributed by atoms with Gasteiger partial charge in [-0.05, 0) is 17.7 Å². The molecule has 90 valence electrons. The maximum Gasteiger partial charge on any atom is 0.177 e. The zero-order valence-electron chi connectivity index (χ0n) is 9.77. The van der Waals surface area contributed by atoms with Gasteiger partial charge < -0.3 is 5.73 Å².